The molecule has 1 fully saturated rings. The lowest BCUT2D eigenvalue weighted by atomic mass is 10.2. The number of carbonyl (C=O) groups is 1. The van der Waals surface area contributed by atoms with Crippen LogP contribution in [0.25, 0.3) is 5.69 Å². The molecule has 1 atom stereocenters. The second-order valence-corrected chi connectivity index (χ2v) is 7.22. The molecule has 2 heterocycles. The Hall–Kier alpha value is -2.25. The first-order valence-corrected chi connectivity index (χ1v) is 10.2. The van der Waals surface area contributed by atoms with Crippen LogP contribution < -0.4 is 10.1 Å². The van der Waals surface area contributed by atoms with Gasteiger partial charge in [-0.3, -0.25) is 5.32 Å². The van der Waals surface area contributed by atoms with Crippen LogP contribution >= 0.6 is 11.6 Å². The van der Waals surface area contributed by atoms with E-state index in [-0.39, 0.29) is 13.9 Å². The van der Waals surface area contributed by atoms with E-state index in [1.807, 2.05) is 24.3 Å². The number of hydrogen-bond donors (Lipinski definition) is 1. The Balaban J connectivity index is 0.00000300. The summed E-state index contributed by atoms with van der Waals surface area (Å²) in [6, 6.07) is 8.42. The summed E-state index contributed by atoms with van der Waals surface area (Å²) in [5.74, 6) is 1.10. The van der Waals surface area contributed by atoms with Crippen molar-refractivity contribution >= 4 is 23.4 Å². The van der Waals surface area contributed by atoms with Crippen molar-refractivity contribution in [1.82, 2.24) is 14.7 Å². The van der Waals surface area contributed by atoms with Gasteiger partial charge in [-0.2, -0.15) is 5.10 Å². The van der Waals surface area contributed by atoms with E-state index in [1.54, 1.807) is 17.1 Å². The fraction of sp³-hybridized carbons (Fsp3) is 0.500. The molecule has 1 aromatic carbocycles. The highest BCUT2D eigenvalue weighted by atomic mass is 35.5. The van der Waals surface area contributed by atoms with Gasteiger partial charge in [-0.1, -0.05) is 0 Å². The molecule has 0 aliphatic carbocycles. The Morgan fingerprint density at radius 3 is 2.89 bits per heavy atom. The number of amides is 1. The monoisotopic (exact) mass is 408 g/mol. The minimum atomic E-state index is -0.549. The molecule has 1 aliphatic heterocycles. The van der Waals surface area contributed by atoms with Crippen LogP contribution in [-0.4, -0.2) is 59.0 Å². The molecule has 2 aromatic rings. The van der Waals surface area contributed by atoms with Crippen molar-refractivity contribution in [3.8, 4) is 11.4 Å². The molecule has 1 aromatic heterocycles. The summed E-state index contributed by atoms with van der Waals surface area (Å²) in [5.41, 5.74) is 1.43. The Morgan fingerprint density at radius 1 is 1.36 bits per heavy atom. The molecular weight excluding hydrogens is 380 g/mol. The van der Waals surface area contributed by atoms with Crippen molar-refractivity contribution in [1.29, 1.82) is 0 Å². The highest BCUT2D eigenvalue weighted by molar-refractivity contribution is 6.18. The van der Waals surface area contributed by atoms with Crippen LogP contribution in [-0.2, 0) is 4.74 Å². The third kappa shape index (κ3) is 5.87. The lowest BCUT2D eigenvalue weighted by molar-refractivity contribution is 0.168. The Bertz CT molecular complexity index is 756. The van der Waals surface area contributed by atoms with E-state index in [0.717, 1.165) is 24.4 Å². The van der Waals surface area contributed by atoms with E-state index in [1.165, 1.54) is 19.4 Å². The minimum Gasteiger partial charge on any atom is -0.494 e. The molecule has 0 spiro atoms. The third-order valence-corrected chi connectivity index (χ3v) is 4.94. The molecule has 154 valence electrons. The predicted molar refractivity (Wildman–Crippen MR) is 112 cm³/mol. The first kappa shape index (κ1) is 20.5. The number of aromatic nitrogens is 2. The van der Waals surface area contributed by atoms with E-state index in [2.05, 4.69) is 22.2 Å². The zero-order valence-corrected chi connectivity index (χ0v) is 16.9. The van der Waals surface area contributed by atoms with E-state index in [9.17, 15) is 4.79 Å². The quantitative estimate of drug-likeness (QED) is 0.498. The highest BCUT2D eigenvalue weighted by Crippen LogP contribution is 2.18. The van der Waals surface area contributed by atoms with Crippen molar-refractivity contribution in [2.24, 2.45) is 0 Å². The number of benzene rings is 1. The standard InChI is InChI=1S/C20H27ClN4O3.H2/c1-16-4-2-10-24(16)11-3-12-27-19-7-5-18(6-8-19)25-15-17(14-22-25)23-20(26)28-13-9-21;/h5-8,14-16H,2-4,9-13H2,1H3,(H,23,26);1H. The van der Waals surface area contributed by atoms with Crippen molar-refractivity contribution in [3.05, 3.63) is 36.7 Å². The number of hydrogen-bond acceptors (Lipinski definition) is 5. The number of ether oxygens (including phenoxy) is 2. The first-order chi connectivity index (χ1) is 13.7. The fourth-order valence-corrected chi connectivity index (χ4v) is 3.37. The molecule has 1 N–H and O–H groups in total. The minimum absolute atomic E-state index is 0. The van der Waals surface area contributed by atoms with E-state index >= 15 is 0 Å². The number of nitrogens with zero attached hydrogens (tertiary/aromatic N) is 3. The highest BCUT2D eigenvalue weighted by Gasteiger charge is 2.19. The van der Waals surface area contributed by atoms with Gasteiger partial charge in [0.25, 0.3) is 0 Å². The van der Waals surface area contributed by atoms with Crippen LogP contribution in [0.5, 0.6) is 5.75 Å². The van der Waals surface area contributed by atoms with E-state index in [4.69, 9.17) is 21.1 Å². The summed E-state index contributed by atoms with van der Waals surface area (Å²) >= 11 is 5.49. The van der Waals surface area contributed by atoms with Gasteiger partial charge >= 0.3 is 6.09 Å². The summed E-state index contributed by atoms with van der Waals surface area (Å²) in [7, 11) is 0. The number of likely N-dealkylation sites (tertiary alicyclic amines) is 1. The SMILES string of the molecule is CC1CCCN1CCCOc1ccc(-n2cc(NC(=O)OCCCl)cn2)cc1.[HH]. The zero-order chi connectivity index (χ0) is 19.8. The third-order valence-electron chi connectivity index (χ3n) is 4.79. The maximum Gasteiger partial charge on any atom is 0.411 e. The van der Waals surface area contributed by atoms with Gasteiger partial charge in [-0.15, -0.1) is 11.6 Å². The van der Waals surface area contributed by atoms with Gasteiger partial charge < -0.3 is 14.4 Å². The first-order valence-electron chi connectivity index (χ1n) is 9.67. The second-order valence-electron chi connectivity index (χ2n) is 6.85. The molecule has 7 nitrogen and oxygen atoms in total. The molecule has 28 heavy (non-hydrogen) atoms. The van der Waals surface area contributed by atoms with Crippen LogP contribution in [0.4, 0.5) is 10.5 Å². The van der Waals surface area contributed by atoms with Crippen LogP contribution in [0, 0.1) is 0 Å². The molecule has 8 heteroatoms. The molecular formula is C20H29ClN4O3. The number of halogens is 1. The van der Waals surface area contributed by atoms with Crippen LogP contribution in [0.2, 0.25) is 0 Å². The van der Waals surface area contributed by atoms with E-state index in [0.29, 0.717) is 18.3 Å². The lowest BCUT2D eigenvalue weighted by Gasteiger charge is -2.20. The topological polar surface area (TPSA) is 68.6 Å². The number of rotatable bonds is 9. The van der Waals surface area contributed by atoms with Crippen molar-refractivity contribution < 1.29 is 15.7 Å². The molecule has 3 rings (SSSR count). The molecule has 0 radical (unpaired) electrons. The van der Waals surface area contributed by atoms with Gasteiger partial charge in [0.15, 0.2) is 0 Å². The second kappa shape index (κ2) is 10.3. The zero-order valence-electron chi connectivity index (χ0n) is 16.1. The van der Waals surface area contributed by atoms with Gasteiger partial charge in [0, 0.05) is 14.0 Å². The smallest absolute Gasteiger partial charge is 0.411 e. The number of anilines is 1. The summed E-state index contributed by atoms with van der Waals surface area (Å²) in [5, 5.41) is 6.86. The Labute approximate surface area is 172 Å². The van der Waals surface area contributed by atoms with Crippen molar-refractivity contribution in [2.45, 2.75) is 32.2 Å². The Kier molecular flexibility index (Phi) is 7.56. The van der Waals surface area contributed by atoms with Gasteiger partial charge in [-0.05, 0) is 57.0 Å². The summed E-state index contributed by atoms with van der Waals surface area (Å²) in [6.07, 6.45) is 6.37. The molecule has 1 aliphatic rings. The number of alkyl halides is 1. The van der Waals surface area contributed by atoms with Gasteiger partial charge in [0.2, 0.25) is 0 Å². The largest absolute Gasteiger partial charge is 0.494 e. The maximum atomic E-state index is 11.5. The van der Waals surface area contributed by atoms with Crippen molar-refractivity contribution in [2.75, 3.05) is 37.5 Å². The average molecular weight is 409 g/mol. The normalized spacial score (nSPS) is 16.9. The molecule has 1 amide bonds. The summed E-state index contributed by atoms with van der Waals surface area (Å²) < 4.78 is 12.4. The Morgan fingerprint density at radius 2 is 2.18 bits per heavy atom. The molecule has 1 saturated heterocycles. The lowest BCUT2D eigenvalue weighted by Crippen LogP contribution is -2.28. The van der Waals surface area contributed by atoms with Crippen LogP contribution in [0.15, 0.2) is 36.7 Å². The number of nitrogens with one attached hydrogen (secondary N) is 1. The van der Waals surface area contributed by atoms with Gasteiger partial charge in [0.1, 0.15) is 12.4 Å². The van der Waals surface area contributed by atoms with Crippen LogP contribution in [0.1, 0.15) is 27.6 Å². The van der Waals surface area contributed by atoms with Crippen LogP contribution in [0.3, 0.4) is 0 Å². The van der Waals surface area contributed by atoms with Gasteiger partial charge in [0.05, 0.1) is 36.3 Å². The number of carbonyl (C=O) groups excluding carboxylic acids is 1. The predicted octanol–water partition coefficient (Wildman–Crippen LogP) is 4.16. The molecule has 0 bridgehead atoms. The molecule has 1 unspecified atom stereocenters. The van der Waals surface area contributed by atoms with Gasteiger partial charge in [-0.25, -0.2) is 9.48 Å². The molecule has 0 saturated carbocycles. The fourth-order valence-electron chi connectivity index (χ4n) is 3.29. The average Bonchev–Trinajstić information content (AvgIpc) is 3.33. The summed E-state index contributed by atoms with van der Waals surface area (Å²) in [4.78, 5) is 14.1. The summed E-state index contributed by atoms with van der Waals surface area (Å²) in [6.45, 7) is 5.48. The van der Waals surface area contributed by atoms with E-state index < -0.39 is 6.09 Å². The van der Waals surface area contributed by atoms with Crippen molar-refractivity contribution in [3.63, 3.8) is 0 Å². The maximum absolute atomic E-state index is 11.5.